The number of fused-ring (bicyclic) bond motifs is 1. The number of carbonyl (C=O) groups excluding carboxylic acids is 1. The van der Waals surface area contributed by atoms with E-state index in [1.165, 1.54) is 0 Å². The van der Waals surface area contributed by atoms with Crippen LogP contribution < -0.4 is 5.32 Å². The van der Waals surface area contributed by atoms with Crippen LogP contribution in [0.5, 0.6) is 0 Å². The van der Waals surface area contributed by atoms with Crippen LogP contribution in [0.4, 0.5) is 0 Å². The lowest BCUT2D eigenvalue weighted by atomic mass is 10.2. The fourth-order valence-corrected chi connectivity index (χ4v) is 6.01. The molecule has 2 fully saturated rings. The number of morpholine rings is 1. The number of nitrogens with zero attached hydrogens (tertiary/aromatic N) is 3. The summed E-state index contributed by atoms with van der Waals surface area (Å²) in [6.07, 6.45) is 6.34. The van der Waals surface area contributed by atoms with Gasteiger partial charge >= 0.3 is 0 Å². The van der Waals surface area contributed by atoms with Gasteiger partial charge in [0.2, 0.25) is 15.9 Å². The summed E-state index contributed by atoms with van der Waals surface area (Å²) in [4.78, 5) is 14.9. The van der Waals surface area contributed by atoms with E-state index in [4.69, 9.17) is 4.74 Å². The van der Waals surface area contributed by atoms with Crippen molar-refractivity contribution in [3.63, 3.8) is 0 Å². The van der Waals surface area contributed by atoms with Crippen molar-refractivity contribution < 1.29 is 17.9 Å². The highest BCUT2D eigenvalue weighted by Gasteiger charge is 2.25. The SMILES string of the molecule is O=C(CCn1ccc2cc(S(=O)(=O)N3CCCCCC3)ccc21)NCCN1CCOCC1. The summed E-state index contributed by atoms with van der Waals surface area (Å²) in [5, 5.41) is 3.87. The molecule has 0 unspecified atom stereocenters. The third kappa shape index (κ3) is 5.70. The van der Waals surface area contributed by atoms with Gasteiger partial charge in [-0.15, -0.1) is 0 Å². The highest BCUT2D eigenvalue weighted by molar-refractivity contribution is 7.89. The monoisotopic (exact) mass is 462 g/mol. The quantitative estimate of drug-likeness (QED) is 0.649. The maximum Gasteiger partial charge on any atom is 0.243 e. The van der Waals surface area contributed by atoms with E-state index < -0.39 is 10.0 Å². The van der Waals surface area contributed by atoms with Gasteiger partial charge in [-0.3, -0.25) is 9.69 Å². The molecule has 0 atom stereocenters. The molecule has 2 aliphatic heterocycles. The van der Waals surface area contributed by atoms with Crippen molar-refractivity contribution in [3.05, 3.63) is 30.5 Å². The van der Waals surface area contributed by atoms with Gasteiger partial charge < -0.3 is 14.6 Å². The van der Waals surface area contributed by atoms with E-state index in [-0.39, 0.29) is 5.91 Å². The molecule has 32 heavy (non-hydrogen) atoms. The smallest absolute Gasteiger partial charge is 0.243 e. The highest BCUT2D eigenvalue weighted by atomic mass is 32.2. The van der Waals surface area contributed by atoms with Gasteiger partial charge in [0, 0.05) is 69.3 Å². The molecule has 8 nitrogen and oxygen atoms in total. The topological polar surface area (TPSA) is 83.9 Å². The summed E-state index contributed by atoms with van der Waals surface area (Å²) in [5.41, 5.74) is 0.945. The van der Waals surface area contributed by atoms with Crippen molar-refractivity contribution in [2.24, 2.45) is 0 Å². The summed E-state index contributed by atoms with van der Waals surface area (Å²) in [7, 11) is -3.46. The molecule has 1 aromatic heterocycles. The van der Waals surface area contributed by atoms with Crippen molar-refractivity contribution in [1.29, 1.82) is 0 Å². The molecule has 2 saturated heterocycles. The lowest BCUT2D eigenvalue weighted by Gasteiger charge is -2.26. The Bertz CT molecular complexity index is 1010. The van der Waals surface area contributed by atoms with Crippen molar-refractivity contribution in [2.45, 2.75) is 43.5 Å². The second kappa shape index (κ2) is 10.8. The maximum atomic E-state index is 13.1. The number of sulfonamides is 1. The lowest BCUT2D eigenvalue weighted by Crippen LogP contribution is -2.41. The first-order valence-electron chi connectivity index (χ1n) is 11.7. The molecule has 0 bridgehead atoms. The molecule has 0 saturated carbocycles. The number of aryl methyl sites for hydroxylation is 1. The second-order valence-corrected chi connectivity index (χ2v) is 10.5. The zero-order chi connectivity index (χ0) is 22.4. The van der Waals surface area contributed by atoms with E-state index in [0.29, 0.717) is 37.5 Å². The first-order chi connectivity index (χ1) is 15.5. The largest absolute Gasteiger partial charge is 0.379 e. The Morgan fingerprint density at radius 1 is 0.969 bits per heavy atom. The third-order valence-electron chi connectivity index (χ3n) is 6.38. The van der Waals surface area contributed by atoms with E-state index >= 15 is 0 Å². The number of carbonyl (C=O) groups is 1. The van der Waals surface area contributed by atoms with Crippen LogP contribution in [0.15, 0.2) is 35.4 Å². The van der Waals surface area contributed by atoms with Crippen LogP contribution >= 0.6 is 0 Å². The molecule has 2 aliphatic rings. The standard InChI is InChI=1S/C23H34N4O4S/c28-23(24-9-14-25-15-17-31-18-16-25)8-13-26-12-7-20-19-21(5-6-22(20)26)32(29,30)27-10-3-1-2-4-11-27/h5-7,12,19H,1-4,8-11,13-18H2,(H,24,28). The second-order valence-electron chi connectivity index (χ2n) is 8.60. The summed E-state index contributed by atoms with van der Waals surface area (Å²) in [6, 6.07) is 7.24. The van der Waals surface area contributed by atoms with Gasteiger partial charge in [-0.25, -0.2) is 8.42 Å². The Morgan fingerprint density at radius 2 is 1.72 bits per heavy atom. The van der Waals surface area contributed by atoms with Crippen molar-refractivity contribution in [3.8, 4) is 0 Å². The summed E-state index contributed by atoms with van der Waals surface area (Å²) < 4.78 is 35.1. The zero-order valence-corrected chi connectivity index (χ0v) is 19.5. The van der Waals surface area contributed by atoms with Gasteiger partial charge in [-0.1, -0.05) is 12.8 Å². The highest BCUT2D eigenvalue weighted by Crippen LogP contribution is 2.25. The minimum absolute atomic E-state index is 0.0282. The van der Waals surface area contributed by atoms with Crippen molar-refractivity contribution in [2.75, 3.05) is 52.5 Å². The minimum atomic E-state index is -3.46. The van der Waals surface area contributed by atoms with Gasteiger partial charge in [0.25, 0.3) is 0 Å². The van der Waals surface area contributed by atoms with Gasteiger partial charge in [0.05, 0.1) is 18.1 Å². The summed E-state index contributed by atoms with van der Waals surface area (Å²) >= 11 is 0. The van der Waals surface area contributed by atoms with Crippen LogP contribution in [0.2, 0.25) is 0 Å². The number of nitrogens with one attached hydrogen (secondary N) is 1. The molecule has 3 heterocycles. The predicted molar refractivity (Wildman–Crippen MR) is 124 cm³/mol. The van der Waals surface area contributed by atoms with Gasteiger partial charge in [0.1, 0.15) is 0 Å². The van der Waals surface area contributed by atoms with E-state index in [2.05, 4.69) is 10.2 Å². The number of hydrogen-bond donors (Lipinski definition) is 1. The molecule has 0 aliphatic carbocycles. The average Bonchev–Trinajstić information content (AvgIpc) is 3.00. The lowest BCUT2D eigenvalue weighted by molar-refractivity contribution is -0.121. The molecule has 1 aromatic carbocycles. The Kier molecular flexibility index (Phi) is 7.83. The van der Waals surface area contributed by atoms with E-state index in [9.17, 15) is 13.2 Å². The molecule has 176 valence electrons. The van der Waals surface area contributed by atoms with E-state index in [1.807, 2.05) is 22.9 Å². The number of ether oxygens (including phenoxy) is 1. The Morgan fingerprint density at radius 3 is 2.47 bits per heavy atom. The van der Waals surface area contributed by atoms with Crippen molar-refractivity contribution >= 4 is 26.8 Å². The van der Waals surface area contributed by atoms with Gasteiger partial charge in [0.15, 0.2) is 0 Å². The zero-order valence-electron chi connectivity index (χ0n) is 18.7. The van der Waals surface area contributed by atoms with E-state index in [1.54, 1.807) is 16.4 Å². The van der Waals surface area contributed by atoms with Crippen LogP contribution in [0, 0.1) is 0 Å². The van der Waals surface area contributed by atoms with Gasteiger partial charge in [-0.05, 0) is 37.1 Å². The van der Waals surface area contributed by atoms with Crippen LogP contribution in [0.3, 0.4) is 0 Å². The average molecular weight is 463 g/mol. The molecule has 0 radical (unpaired) electrons. The number of amides is 1. The first kappa shape index (κ1) is 23.2. The molecule has 1 N–H and O–H groups in total. The molecule has 0 spiro atoms. The first-order valence-corrected chi connectivity index (χ1v) is 13.1. The molecule has 1 amide bonds. The minimum Gasteiger partial charge on any atom is -0.379 e. The van der Waals surface area contributed by atoms with Crippen LogP contribution in [-0.2, 0) is 26.1 Å². The molecular formula is C23H34N4O4S. The van der Waals surface area contributed by atoms with Crippen LogP contribution in [0.25, 0.3) is 10.9 Å². The number of aromatic nitrogens is 1. The molecule has 2 aromatic rings. The Balaban J connectivity index is 1.33. The fourth-order valence-electron chi connectivity index (χ4n) is 4.45. The molecule has 4 rings (SSSR count). The predicted octanol–water partition coefficient (Wildman–Crippen LogP) is 2.04. The third-order valence-corrected chi connectivity index (χ3v) is 8.27. The summed E-state index contributed by atoms with van der Waals surface area (Å²) in [5.74, 6) is 0.0282. The van der Waals surface area contributed by atoms with Crippen LogP contribution in [0.1, 0.15) is 32.1 Å². The normalized spacial score (nSPS) is 19.1. The Labute approximate surface area is 190 Å². The number of hydrogen-bond acceptors (Lipinski definition) is 5. The fraction of sp³-hybridized carbons (Fsp3) is 0.609. The number of benzene rings is 1. The van der Waals surface area contributed by atoms with Crippen LogP contribution in [-0.4, -0.2) is 80.6 Å². The van der Waals surface area contributed by atoms with E-state index in [0.717, 1.165) is 69.4 Å². The molecular weight excluding hydrogens is 428 g/mol. The Hall–Kier alpha value is -1.94. The number of rotatable bonds is 8. The molecule has 9 heteroatoms. The summed E-state index contributed by atoms with van der Waals surface area (Å²) in [6.45, 7) is 6.60. The van der Waals surface area contributed by atoms with Crippen molar-refractivity contribution in [1.82, 2.24) is 19.1 Å². The van der Waals surface area contributed by atoms with Gasteiger partial charge in [-0.2, -0.15) is 4.31 Å². The maximum absolute atomic E-state index is 13.1.